The summed E-state index contributed by atoms with van der Waals surface area (Å²) in [6, 6.07) is 1.02. The second kappa shape index (κ2) is 5.35. The highest BCUT2D eigenvalue weighted by Crippen LogP contribution is 2.23. The molecule has 0 amide bonds. The summed E-state index contributed by atoms with van der Waals surface area (Å²) in [5.74, 6) is 0.394. The fourth-order valence-corrected chi connectivity index (χ4v) is 2.10. The van der Waals surface area contributed by atoms with Gasteiger partial charge >= 0.3 is 5.97 Å². The highest BCUT2D eigenvalue weighted by atomic mass is 16.5. The van der Waals surface area contributed by atoms with Gasteiger partial charge in [0.15, 0.2) is 0 Å². The standard InChI is InChI=1S/C11H21NO2/c1-4-14-11(13)7-10-6-5-8(2)12-9(10)3/h8-10,12H,4-7H2,1-3H3. The number of carbonyl (C=O) groups is 1. The summed E-state index contributed by atoms with van der Waals surface area (Å²) in [5, 5.41) is 3.47. The number of nitrogens with one attached hydrogen (secondary N) is 1. The Hall–Kier alpha value is -0.570. The molecule has 0 bridgehead atoms. The average Bonchev–Trinajstić information content (AvgIpc) is 2.10. The summed E-state index contributed by atoms with van der Waals surface area (Å²) >= 11 is 0. The van der Waals surface area contributed by atoms with E-state index in [1.54, 1.807) is 0 Å². The molecule has 3 nitrogen and oxygen atoms in total. The molecule has 0 aromatic heterocycles. The maximum Gasteiger partial charge on any atom is 0.306 e. The summed E-state index contributed by atoms with van der Waals surface area (Å²) in [7, 11) is 0. The molecular formula is C11H21NO2. The third-order valence-electron chi connectivity index (χ3n) is 2.96. The summed E-state index contributed by atoms with van der Waals surface area (Å²) in [4.78, 5) is 11.3. The first-order valence-electron chi connectivity index (χ1n) is 5.55. The van der Waals surface area contributed by atoms with E-state index < -0.39 is 0 Å². The van der Waals surface area contributed by atoms with Gasteiger partial charge in [-0.1, -0.05) is 0 Å². The maximum absolute atomic E-state index is 11.3. The molecule has 1 fully saturated rings. The molecule has 1 aliphatic heterocycles. The predicted octanol–water partition coefficient (Wildman–Crippen LogP) is 1.72. The molecule has 0 saturated carbocycles. The SMILES string of the molecule is CCOC(=O)CC1CCC(C)NC1C. The van der Waals surface area contributed by atoms with Gasteiger partial charge in [0.05, 0.1) is 6.61 Å². The van der Waals surface area contributed by atoms with Gasteiger partial charge in [-0.3, -0.25) is 4.79 Å². The summed E-state index contributed by atoms with van der Waals surface area (Å²) in [6.07, 6.45) is 2.86. The Labute approximate surface area is 86.2 Å². The van der Waals surface area contributed by atoms with Gasteiger partial charge in [-0.25, -0.2) is 0 Å². The molecule has 0 aliphatic carbocycles. The highest BCUT2D eigenvalue weighted by Gasteiger charge is 2.26. The van der Waals surface area contributed by atoms with Crippen molar-refractivity contribution >= 4 is 5.97 Å². The van der Waals surface area contributed by atoms with Gasteiger partial charge in [0, 0.05) is 18.5 Å². The van der Waals surface area contributed by atoms with Gasteiger partial charge < -0.3 is 10.1 Å². The lowest BCUT2D eigenvalue weighted by atomic mass is 9.86. The minimum absolute atomic E-state index is 0.0549. The van der Waals surface area contributed by atoms with E-state index in [0.717, 1.165) is 12.8 Å². The first kappa shape index (κ1) is 11.5. The third kappa shape index (κ3) is 3.29. The number of hydrogen-bond acceptors (Lipinski definition) is 3. The molecule has 1 heterocycles. The zero-order valence-electron chi connectivity index (χ0n) is 9.38. The van der Waals surface area contributed by atoms with Crippen molar-refractivity contribution in [1.29, 1.82) is 0 Å². The molecule has 82 valence electrons. The molecule has 1 N–H and O–H groups in total. The topological polar surface area (TPSA) is 38.3 Å². The van der Waals surface area contributed by atoms with Crippen LogP contribution in [0.15, 0.2) is 0 Å². The van der Waals surface area contributed by atoms with Crippen LogP contribution < -0.4 is 5.32 Å². The molecule has 3 unspecified atom stereocenters. The largest absolute Gasteiger partial charge is 0.466 e. The second-order valence-electron chi connectivity index (χ2n) is 4.20. The van der Waals surface area contributed by atoms with Gasteiger partial charge in [0.2, 0.25) is 0 Å². The minimum Gasteiger partial charge on any atom is -0.466 e. The van der Waals surface area contributed by atoms with Crippen molar-refractivity contribution in [3.8, 4) is 0 Å². The molecule has 1 aliphatic rings. The molecule has 14 heavy (non-hydrogen) atoms. The summed E-state index contributed by atoms with van der Waals surface area (Å²) in [5.41, 5.74) is 0. The normalized spacial score (nSPS) is 32.6. The van der Waals surface area contributed by atoms with Gasteiger partial charge in [-0.2, -0.15) is 0 Å². The summed E-state index contributed by atoms with van der Waals surface area (Å²) < 4.78 is 4.95. The molecule has 1 saturated heterocycles. The Bertz CT molecular complexity index is 194. The molecule has 1 rings (SSSR count). The Balaban J connectivity index is 2.33. The number of hydrogen-bond donors (Lipinski definition) is 1. The predicted molar refractivity (Wildman–Crippen MR) is 56.0 cm³/mol. The van der Waals surface area contributed by atoms with Crippen LogP contribution in [0, 0.1) is 5.92 Å². The van der Waals surface area contributed by atoms with Crippen LogP contribution in [0.1, 0.15) is 40.0 Å². The molecule has 3 atom stereocenters. The Morgan fingerprint density at radius 3 is 2.71 bits per heavy atom. The van der Waals surface area contributed by atoms with E-state index in [2.05, 4.69) is 19.2 Å². The van der Waals surface area contributed by atoms with E-state index in [9.17, 15) is 4.79 Å². The molecule has 0 radical (unpaired) electrons. The minimum atomic E-state index is -0.0549. The summed E-state index contributed by atoms with van der Waals surface area (Å²) in [6.45, 7) is 6.68. The molecule has 3 heteroatoms. The van der Waals surface area contributed by atoms with Crippen LogP contribution in [-0.4, -0.2) is 24.7 Å². The van der Waals surface area contributed by atoms with Crippen molar-refractivity contribution in [2.24, 2.45) is 5.92 Å². The van der Waals surface area contributed by atoms with Crippen LogP contribution in [0.4, 0.5) is 0 Å². The van der Waals surface area contributed by atoms with Crippen LogP contribution >= 0.6 is 0 Å². The van der Waals surface area contributed by atoms with Gasteiger partial charge in [0.1, 0.15) is 0 Å². The van der Waals surface area contributed by atoms with Crippen LogP contribution in [0.3, 0.4) is 0 Å². The van der Waals surface area contributed by atoms with E-state index in [4.69, 9.17) is 4.74 Å². The zero-order chi connectivity index (χ0) is 10.6. The van der Waals surface area contributed by atoms with Gasteiger partial charge in [-0.05, 0) is 39.5 Å². The van der Waals surface area contributed by atoms with Crippen molar-refractivity contribution in [3.05, 3.63) is 0 Å². The fourth-order valence-electron chi connectivity index (χ4n) is 2.10. The van der Waals surface area contributed by atoms with Crippen molar-refractivity contribution in [3.63, 3.8) is 0 Å². The maximum atomic E-state index is 11.3. The zero-order valence-corrected chi connectivity index (χ0v) is 9.38. The van der Waals surface area contributed by atoms with Crippen LogP contribution in [0.5, 0.6) is 0 Å². The lowest BCUT2D eigenvalue weighted by Crippen LogP contribution is -2.45. The van der Waals surface area contributed by atoms with Crippen molar-refractivity contribution in [2.75, 3.05) is 6.61 Å². The molecular weight excluding hydrogens is 178 g/mol. The van der Waals surface area contributed by atoms with E-state index in [1.807, 2.05) is 6.92 Å². The molecule has 0 aromatic carbocycles. The molecule has 0 spiro atoms. The monoisotopic (exact) mass is 199 g/mol. The quantitative estimate of drug-likeness (QED) is 0.703. The number of piperidine rings is 1. The fraction of sp³-hybridized carbons (Fsp3) is 0.909. The van der Waals surface area contributed by atoms with Crippen LogP contribution in [0.2, 0.25) is 0 Å². The lowest BCUT2D eigenvalue weighted by Gasteiger charge is -2.33. The van der Waals surface area contributed by atoms with E-state index >= 15 is 0 Å². The van der Waals surface area contributed by atoms with Crippen LogP contribution in [-0.2, 0) is 9.53 Å². The first-order valence-corrected chi connectivity index (χ1v) is 5.55. The van der Waals surface area contributed by atoms with Crippen molar-refractivity contribution < 1.29 is 9.53 Å². The Morgan fingerprint density at radius 1 is 1.43 bits per heavy atom. The van der Waals surface area contributed by atoms with Crippen LogP contribution in [0.25, 0.3) is 0 Å². The smallest absolute Gasteiger partial charge is 0.306 e. The first-order chi connectivity index (χ1) is 6.63. The van der Waals surface area contributed by atoms with E-state index in [1.165, 1.54) is 0 Å². The number of ether oxygens (including phenoxy) is 1. The van der Waals surface area contributed by atoms with E-state index in [-0.39, 0.29) is 5.97 Å². The Kier molecular flexibility index (Phi) is 4.39. The second-order valence-corrected chi connectivity index (χ2v) is 4.20. The van der Waals surface area contributed by atoms with Crippen molar-refractivity contribution in [2.45, 2.75) is 52.1 Å². The number of esters is 1. The van der Waals surface area contributed by atoms with Gasteiger partial charge in [-0.15, -0.1) is 0 Å². The number of carbonyl (C=O) groups excluding carboxylic acids is 1. The average molecular weight is 199 g/mol. The molecule has 0 aromatic rings. The third-order valence-corrected chi connectivity index (χ3v) is 2.96. The Morgan fingerprint density at radius 2 is 2.14 bits per heavy atom. The van der Waals surface area contributed by atoms with Crippen molar-refractivity contribution in [1.82, 2.24) is 5.32 Å². The lowest BCUT2D eigenvalue weighted by molar-refractivity contribution is -0.144. The van der Waals surface area contributed by atoms with Gasteiger partial charge in [0.25, 0.3) is 0 Å². The highest BCUT2D eigenvalue weighted by molar-refractivity contribution is 5.69. The number of rotatable bonds is 3. The van der Waals surface area contributed by atoms with E-state index in [0.29, 0.717) is 31.0 Å².